The van der Waals surface area contributed by atoms with Gasteiger partial charge < -0.3 is 10.2 Å². The summed E-state index contributed by atoms with van der Waals surface area (Å²) >= 11 is 0. The molecule has 45 heavy (non-hydrogen) atoms. The highest BCUT2D eigenvalue weighted by Gasteiger charge is 2.35. The van der Waals surface area contributed by atoms with Gasteiger partial charge in [-0.1, -0.05) is 110 Å². The Balaban J connectivity index is 1.82. The maximum absolute atomic E-state index is 14.6. The van der Waals surface area contributed by atoms with E-state index < -0.39 is 28.5 Å². The molecular formula is C37H43N3O4S. The van der Waals surface area contributed by atoms with Crippen molar-refractivity contribution in [1.82, 2.24) is 10.2 Å². The smallest absolute Gasteiger partial charge is 0.264 e. The quantitative estimate of drug-likeness (QED) is 0.191. The summed E-state index contributed by atoms with van der Waals surface area (Å²) in [6, 6.07) is 30.1. The number of nitrogens with zero attached hydrogens (tertiary/aromatic N) is 2. The number of carbonyl (C=O) groups excluding carboxylic acids is 2. The van der Waals surface area contributed by atoms with Crippen molar-refractivity contribution in [2.75, 3.05) is 17.4 Å². The van der Waals surface area contributed by atoms with E-state index in [1.807, 2.05) is 101 Å². The number of hydrogen-bond donors (Lipinski definition) is 1. The van der Waals surface area contributed by atoms with Gasteiger partial charge in [0, 0.05) is 19.5 Å². The average Bonchev–Trinajstić information content (AvgIpc) is 3.01. The van der Waals surface area contributed by atoms with Gasteiger partial charge >= 0.3 is 0 Å². The van der Waals surface area contributed by atoms with Crippen LogP contribution in [0.3, 0.4) is 0 Å². The van der Waals surface area contributed by atoms with Crippen LogP contribution in [0.1, 0.15) is 41.7 Å². The third kappa shape index (κ3) is 8.82. The number of benzene rings is 4. The summed E-state index contributed by atoms with van der Waals surface area (Å²) in [5.74, 6) is -0.544. The molecule has 0 aliphatic rings. The minimum atomic E-state index is -4.14. The minimum absolute atomic E-state index is 0.0820. The first-order valence-electron chi connectivity index (χ1n) is 15.3. The van der Waals surface area contributed by atoms with E-state index in [0.29, 0.717) is 12.2 Å². The molecule has 0 aromatic heterocycles. The van der Waals surface area contributed by atoms with Gasteiger partial charge in [0.25, 0.3) is 10.0 Å². The second-order valence-corrected chi connectivity index (χ2v) is 13.8. The van der Waals surface area contributed by atoms with E-state index in [1.54, 1.807) is 24.3 Å². The molecule has 0 aliphatic heterocycles. The number of sulfonamides is 1. The summed E-state index contributed by atoms with van der Waals surface area (Å²) in [5.41, 5.74) is 4.88. The molecule has 0 radical (unpaired) electrons. The molecule has 236 valence electrons. The Morgan fingerprint density at radius 2 is 1.38 bits per heavy atom. The minimum Gasteiger partial charge on any atom is -0.354 e. The number of anilines is 1. The van der Waals surface area contributed by atoms with Gasteiger partial charge in [-0.2, -0.15) is 0 Å². The fourth-order valence-corrected chi connectivity index (χ4v) is 6.80. The van der Waals surface area contributed by atoms with Crippen LogP contribution in [-0.4, -0.2) is 44.3 Å². The van der Waals surface area contributed by atoms with Gasteiger partial charge in [0.05, 0.1) is 10.6 Å². The summed E-state index contributed by atoms with van der Waals surface area (Å²) in [4.78, 5) is 30.1. The molecule has 8 heteroatoms. The molecule has 2 amide bonds. The molecular weight excluding hydrogens is 582 g/mol. The van der Waals surface area contributed by atoms with Crippen molar-refractivity contribution in [3.63, 3.8) is 0 Å². The summed E-state index contributed by atoms with van der Waals surface area (Å²) in [7, 11) is -4.14. The van der Waals surface area contributed by atoms with Gasteiger partial charge in [0.1, 0.15) is 12.6 Å². The molecule has 0 saturated heterocycles. The fourth-order valence-electron chi connectivity index (χ4n) is 5.30. The lowest BCUT2D eigenvalue weighted by Crippen LogP contribution is -2.53. The SMILES string of the molecule is Cc1cccc(CN(C(=O)CN(c2ccc(C)cc2C)S(=O)(=O)c2ccccc2)[C@@H](Cc2ccccc2)C(=O)NCC(C)C)c1. The lowest BCUT2D eigenvalue weighted by Gasteiger charge is -2.34. The molecule has 0 unspecified atom stereocenters. The largest absolute Gasteiger partial charge is 0.354 e. The molecule has 1 N–H and O–H groups in total. The summed E-state index contributed by atoms with van der Waals surface area (Å²) in [5, 5.41) is 3.03. The Kier molecular flexibility index (Phi) is 11.2. The number of rotatable bonds is 13. The van der Waals surface area contributed by atoms with E-state index in [-0.39, 0.29) is 29.7 Å². The zero-order valence-electron chi connectivity index (χ0n) is 26.7. The third-order valence-electron chi connectivity index (χ3n) is 7.62. The van der Waals surface area contributed by atoms with Crippen molar-refractivity contribution < 1.29 is 18.0 Å². The van der Waals surface area contributed by atoms with Crippen molar-refractivity contribution >= 4 is 27.5 Å². The second kappa shape index (κ2) is 15.0. The van der Waals surface area contributed by atoms with Crippen molar-refractivity contribution in [2.45, 2.75) is 58.5 Å². The van der Waals surface area contributed by atoms with Crippen LogP contribution in [0.5, 0.6) is 0 Å². The van der Waals surface area contributed by atoms with Crippen molar-refractivity contribution in [3.8, 4) is 0 Å². The van der Waals surface area contributed by atoms with Crippen LogP contribution in [0, 0.1) is 26.7 Å². The first kappa shape index (κ1) is 33.5. The van der Waals surface area contributed by atoms with Crippen LogP contribution in [-0.2, 0) is 32.6 Å². The first-order valence-corrected chi connectivity index (χ1v) is 16.7. The Hall–Kier alpha value is -4.43. The monoisotopic (exact) mass is 625 g/mol. The summed E-state index contributed by atoms with van der Waals surface area (Å²) in [6.45, 7) is 9.88. The normalized spacial score (nSPS) is 12.0. The van der Waals surface area contributed by atoms with Crippen LogP contribution < -0.4 is 9.62 Å². The molecule has 0 aliphatic carbocycles. The van der Waals surface area contributed by atoms with E-state index in [0.717, 1.165) is 27.8 Å². The molecule has 4 rings (SSSR count). The molecule has 0 spiro atoms. The highest BCUT2D eigenvalue weighted by molar-refractivity contribution is 7.92. The van der Waals surface area contributed by atoms with Crippen LogP contribution >= 0.6 is 0 Å². The molecule has 1 atom stereocenters. The van der Waals surface area contributed by atoms with Crippen molar-refractivity contribution in [1.29, 1.82) is 0 Å². The van der Waals surface area contributed by atoms with Gasteiger partial charge in [-0.05, 0) is 61.6 Å². The van der Waals surface area contributed by atoms with E-state index >= 15 is 0 Å². The predicted octanol–water partition coefficient (Wildman–Crippen LogP) is 6.22. The Labute approximate surface area is 268 Å². The highest BCUT2D eigenvalue weighted by Crippen LogP contribution is 2.28. The third-order valence-corrected chi connectivity index (χ3v) is 9.40. The maximum Gasteiger partial charge on any atom is 0.264 e. The topological polar surface area (TPSA) is 86.8 Å². The standard InChI is InChI=1S/C37H43N3O4S/c1-27(2)24-38-37(42)35(23-31-14-8-6-9-15-31)39(25-32-16-12-13-28(3)22-32)36(41)26-40(34-20-19-29(4)21-30(34)5)45(43,44)33-17-10-7-11-18-33/h6-22,27,35H,23-26H2,1-5H3,(H,38,42)/t35-/m0/s1. The molecule has 4 aromatic rings. The van der Waals surface area contributed by atoms with Gasteiger partial charge in [-0.25, -0.2) is 8.42 Å². The lowest BCUT2D eigenvalue weighted by atomic mass is 10.0. The highest BCUT2D eigenvalue weighted by atomic mass is 32.2. The Morgan fingerprint density at radius 3 is 2.00 bits per heavy atom. The van der Waals surface area contributed by atoms with Gasteiger partial charge in [-0.3, -0.25) is 13.9 Å². The summed E-state index contributed by atoms with van der Waals surface area (Å²) in [6.07, 6.45) is 0.275. The van der Waals surface area contributed by atoms with E-state index in [9.17, 15) is 18.0 Å². The Morgan fingerprint density at radius 1 is 0.756 bits per heavy atom. The summed E-state index contributed by atoms with van der Waals surface area (Å²) < 4.78 is 29.5. The average molecular weight is 626 g/mol. The van der Waals surface area contributed by atoms with Crippen LogP contribution in [0.4, 0.5) is 5.69 Å². The fraction of sp³-hybridized carbons (Fsp3) is 0.297. The molecule has 4 aromatic carbocycles. The van der Waals surface area contributed by atoms with Gasteiger partial charge in [-0.15, -0.1) is 0 Å². The zero-order valence-corrected chi connectivity index (χ0v) is 27.6. The van der Waals surface area contributed by atoms with E-state index in [4.69, 9.17) is 0 Å². The van der Waals surface area contributed by atoms with Crippen LogP contribution in [0.25, 0.3) is 0 Å². The van der Waals surface area contributed by atoms with E-state index in [2.05, 4.69) is 5.32 Å². The number of aryl methyl sites for hydroxylation is 3. The number of amides is 2. The zero-order chi connectivity index (χ0) is 32.6. The van der Waals surface area contributed by atoms with Crippen molar-refractivity contribution in [2.24, 2.45) is 5.92 Å². The predicted molar refractivity (Wildman–Crippen MR) is 180 cm³/mol. The van der Waals surface area contributed by atoms with Crippen LogP contribution in [0.15, 0.2) is 108 Å². The molecule has 0 heterocycles. The Bertz CT molecular complexity index is 1710. The van der Waals surface area contributed by atoms with E-state index in [1.165, 1.54) is 21.3 Å². The molecule has 7 nitrogen and oxygen atoms in total. The number of nitrogens with one attached hydrogen (secondary N) is 1. The number of carbonyl (C=O) groups is 2. The van der Waals surface area contributed by atoms with Crippen molar-refractivity contribution in [3.05, 3.63) is 131 Å². The van der Waals surface area contributed by atoms with Gasteiger partial charge in [0.15, 0.2) is 0 Å². The molecule has 0 fully saturated rings. The molecule has 0 bridgehead atoms. The van der Waals surface area contributed by atoms with Crippen LogP contribution in [0.2, 0.25) is 0 Å². The first-order chi connectivity index (χ1) is 21.5. The second-order valence-electron chi connectivity index (χ2n) is 12.0. The number of hydrogen-bond acceptors (Lipinski definition) is 4. The molecule has 0 saturated carbocycles. The van der Waals surface area contributed by atoms with Gasteiger partial charge in [0.2, 0.25) is 11.8 Å². The maximum atomic E-state index is 14.6. The lowest BCUT2D eigenvalue weighted by molar-refractivity contribution is -0.140.